The van der Waals surface area contributed by atoms with Gasteiger partial charge < -0.3 is 35.4 Å². The topological polar surface area (TPSA) is 150 Å². The van der Waals surface area contributed by atoms with Crippen molar-refractivity contribution in [2.24, 2.45) is 0 Å². The number of aromatic nitrogens is 1. The zero-order chi connectivity index (χ0) is 28.6. The van der Waals surface area contributed by atoms with E-state index in [2.05, 4.69) is 22.8 Å². The van der Waals surface area contributed by atoms with Crippen molar-refractivity contribution >= 4 is 23.2 Å². The number of nitriles is 1. The Kier molecular flexibility index (Phi) is 8.64. The summed E-state index contributed by atoms with van der Waals surface area (Å²) in [6.45, 7) is 1.35. The average molecular weight is 554 g/mol. The zero-order valence-electron chi connectivity index (χ0n) is 22.5. The van der Waals surface area contributed by atoms with Crippen molar-refractivity contribution in [3.63, 3.8) is 0 Å². The van der Waals surface area contributed by atoms with Crippen LogP contribution in [0.2, 0.25) is 0 Å². The largest absolute Gasteiger partial charge is 0.481 e. The summed E-state index contributed by atoms with van der Waals surface area (Å²) in [6.07, 6.45) is 4.28. The minimum Gasteiger partial charge on any atom is -0.481 e. The van der Waals surface area contributed by atoms with Crippen molar-refractivity contribution in [1.82, 2.24) is 4.98 Å². The molecule has 0 radical (unpaired) electrons. The Labute approximate surface area is 238 Å². The van der Waals surface area contributed by atoms with Crippen LogP contribution in [0.1, 0.15) is 47.6 Å². The second-order valence-corrected chi connectivity index (χ2v) is 9.90. The fourth-order valence-corrected chi connectivity index (χ4v) is 4.83. The van der Waals surface area contributed by atoms with Gasteiger partial charge in [-0.25, -0.2) is 4.98 Å². The summed E-state index contributed by atoms with van der Waals surface area (Å²) in [4.78, 5) is 16.4. The van der Waals surface area contributed by atoms with Gasteiger partial charge in [0.1, 0.15) is 5.82 Å². The Morgan fingerprint density at radius 3 is 2.80 bits per heavy atom. The predicted octanol–water partition coefficient (Wildman–Crippen LogP) is 5.22. The van der Waals surface area contributed by atoms with Gasteiger partial charge in [0.15, 0.2) is 17.4 Å². The highest BCUT2D eigenvalue weighted by molar-refractivity contribution is 5.94. The maximum atomic E-state index is 11.7. The highest BCUT2D eigenvalue weighted by Crippen LogP contribution is 2.36. The van der Waals surface area contributed by atoms with E-state index >= 15 is 0 Å². The van der Waals surface area contributed by atoms with Gasteiger partial charge in [0, 0.05) is 36.1 Å². The normalized spacial score (nSPS) is 14.3. The number of nitrogens with zero attached hydrogens (tertiary/aromatic N) is 2. The smallest absolute Gasteiger partial charge is 0.303 e. The number of rotatable bonds is 12. The molecule has 0 saturated carbocycles. The molecule has 0 fully saturated rings. The van der Waals surface area contributed by atoms with Crippen LogP contribution in [0.3, 0.4) is 0 Å². The van der Waals surface area contributed by atoms with Gasteiger partial charge in [0.25, 0.3) is 0 Å². The quantitative estimate of drug-likeness (QED) is 0.175. The number of allylic oxidation sites excluding steroid dienone is 1. The fraction of sp³-hybridized carbons (Fsp3) is 0.290. The van der Waals surface area contributed by atoms with Gasteiger partial charge in [-0.2, -0.15) is 5.26 Å². The number of nitrogens with one attached hydrogen (secondary N) is 3. The van der Waals surface area contributed by atoms with Crippen LogP contribution in [0, 0.1) is 16.7 Å². The molecule has 1 atom stereocenters. The van der Waals surface area contributed by atoms with E-state index in [4.69, 9.17) is 29.9 Å². The Balaban J connectivity index is 1.30. The van der Waals surface area contributed by atoms with Gasteiger partial charge in [0.2, 0.25) is 6.79 Å². The monoisotopic (exact) mass is 553 g/mol. The number of carboxylic acids is 1. The number of benzene rings is 2. The molecule has 2 aromatic carbocycles. The highest BCUT2D eigenvalue weighted by Gasteiger charge is 2.22. The van der Waals surface area contributed by atoms with Crippen LogP contribution < -0.4 is 20.1 Å². The molecule has 0 amide bonds. The molecular formula is C31H31N5O5. The molecule has 10 heteroatoms. The van der Waals surface area contributed by atoms with Crippen molar-refractivity contribution in [1.29, 1.82) is 10.7 Å². The molecular weight excluding hydrogens is 522 g/mol. The highest BCUT2D eigenvalue weighted by atomic mass is 16.7. The summed E-state index contributed by atoms with van der Waals surface area (Å²) in [5.41, 5.74) is 4.29. The lowest BCUT2D eigenvalue weighted by Crippen LogP contribution is -2.15. The first-order valence-corrected chi connectivity index (χ1v) is 13.5. The second kappa shape index (κ2) is 12.9. The summed E-state index contributed by atoms with van der Waals surface area (Å²) in [6, 6.07) is 18.5. The number of carboxylic acid groups (broad SMARTS) is 1. The van der Waals surface area contributed by atoms with Crippen LogP contribution in [0.15, 0.2) is 66.6 Å². The molecule has 1 aromatic heterocycles. The zero-order valence-corrected chi connectivity index (χ0v) is 22.5. The number of ether oxygens (including phenoxy) is 3. The molecule has 10 nitrogen and oxygen atoms in total. The van der Waals surface area contributed by atoms with Gasteiger partial charge in [-0.05, 0) is 78.8 Å². The minimum atomic E-state index is -0.955. The van der Waals surface area contributed by atoms with Crippen LogP contribution in [0.5, 0.6) is 11.5 Å². The van der Waals surface area contributed by atoms with Crippen LogP contribution >= 0.6 is 0 Å². The van der Waals surface area contributed by atoms with Gasteiger partial charge >= 0.3 is 5.97 Å². The fourth-order valence-electron chi connectivity index (χ4n) is 4.83. The predicted molar refractivity (Wildman–Crippen MR) is 153 cm³/mol. The van der Waals surface area contributed by atoms with E-state index in [0.717, 1.165) is 36.5 Å². The number of fused-ring (bicyclic) bond motifs is 2. The molecule has 2 aliphatic heterocycles. The lowest BCUT2D eigenvalue weighted by Gasteiger charge is -2.18. The van der Waals surface area contributed by atoms with Crippen LogP contribution in [0.4, 0.5) is 11.5 Å². The Hall–Kier alpha value is -5.04. The number of pyridine rings is 1. The van der Waals surface area contributed by atoms with Gasteiger partial charge in [-0.15, -0.1) is 0 Å². The third-order valence-corrected chi connectivity index (χ3v) is 6.91. The second-order valence-electron chi connectivity index (χ2n) is 9.90. The molecule has 0 spiro atoms. The Morgan fingerprint density at radius 2 is 2.00 bits per heavy atom. The van der Waals surface area contributed by atoms with Gasteiger partial charge in [-0.1, -0.05) is 12.1 Å². The first-order chi connectivity index (χ1) is 20.0. The molecule has 0 saturated heterocycles. The Bertz CT molecular complexity index is 1500. The molecule has 41 heavy (non-hydrogen) atoms. The number of aryl methyl sites for hydroxylation is 1. The van der Waals surface area contributed by atoms with Crippen LogP contribution in [0.25, 0.3) is 0 Å². The maximum absolute atomic E-state index is 11.7. The van der Waals surface area contributed by atoms with Crippen LogP contribution in [-0.4, -0.2) is 41.7 Å². The maximum Gasteiger partial charge on any atom is 0.303 e. The average Bonchev–Trinajstić information content (AvgIpc) is 3.45. The van der Waals surface area contributed by atoms with E-state index in [1.807, 2.05) is 12.1 Å². The molecule has 3 aromatic rings. The summed E-state index contributed by atoms with van der Waals surface area (Å²) >= 11 is 0. The molecule has 0 aliphatic carbocycles. The van der Waals surface area contributed by atoms with Gasteiger partial charge in [0.05, 0.1) is 24.7 Å². The van der Waals surface area contributed by atoms with Crippen molar-refractivity contribution < 1.29 is 24.1 Å². The third kappa shape index (κ3) is 7.33. The number of hydrogen-bond donors (Lipinski definition) is 4. The summed E-state index contributed by atoms with van der Waals surface area (Å²) in [5, 5.41) is 33.9. The van der Waals surface area contributed by atoms with Crippen molar-refractivity contribution in [3.05, 3.63) is 88.9 Å². The molecule has 4 N–H and O–H groups in total. The van der Waals surface area contributed by atoms with Crippen molar-refractivity contribution in [2.45, 2.75) is 38.0 Å². The molecule has 2 aliphatic rings. The standard InChI is InChI=1S/C31H31N5O5/c32-18-20-3-7-25(8-4-20)35-29(39-13-11-26-9-5-21-2-1-12-34-31(21)36-26)17-24(33)14-23(16-30(37)38)22-6-10-27-28(15-22)41-19-40-27/h3-10,15,17,23,33,35H,1-2,11-14,16,19H2,(H,34,36)(H,37,38)/b29-17+,33-24?. The van der Waals surface area contributed by atoms with Crippen LogP contribution in [-0.2, 0) is 22.4 Å². The first-order valence-electron chi connectivity index (χ1n) is 13.5. The van der Waals surface area contributed by atoms with E-state index in [9.17, 15) is 9.90 Å². The number of anilines is 2. The van der Waals surface area contributed by atoms with Gasteiger partial charge in [-0.3, -0.25) is 4.79 Å². The number of hydrogen-bond acceptors (Lipinski definition) is 9. The molecule has 5 rings (SSSR count). The minimum absolute atomic E-state index is 0.125. The number of aliphatic carboxylic acids is 1. The SMILES string of the molecule is N#Cc1ccc(N/C(=C\C(=N)CC(CC(=O)O)c2ccc3c(c2)OCO3)OCCc2ccc3c(n2)NCCC3)cc1. The molecule has 1 unspecified atom stereocenters. The summed E-state index contributed by atoms with van der Waals surface area (Å²) < 4.78 is 16.9. The molecule has 3 heterocycles. The lowest BCUT2D eigenvalue weighted by molar-refractivity contribution is -0.137. The molecule has 0 bridgehead atoms. The Morgan fingerprint density at radius 1 is 1.17 bits per heavy atom. The van der Waals surface area contributed by atoms with Crippen molar-refractivity contribution in [3.8, 4) is 17.6 Å². The summed E-state index contributed by atoms with van der Waals surface area (Å²) in [7, 11) is 0. The van der Waals surface area contributed by atoms with E-state index in [1.54, 1.807) is 42.5 Å². The molecule has 210 valence electrons. The third-order valence-electron chi connectivity index (χ3n) is 6.91. The van der Waals surface area contributed by atoms with E-state index in [1.165, 1.54) is 5.56 Å². The number of carbonyl (C=O) groups is 1. The first kappa shape index (κ1) is 27.5. The summed E-state index contributed by atoms with van der Waals surface area (Å²) in [5.74, 6) is 1.05. The van der Waals surface area contributed by atoms with E-state index in [0.29, 0.717) is 41.7 Å². The van der Waals surface area contributed by atoms with E-state index < -0.39 is 11.9 Å². The van der Waals surface area contributed by atoms with Crippen molar-refractivity contribution in [2.75, 3.05) is 30.6 Å². The lowest BCUT2D eigenvalue weighted by atomic mass is 9.90. The van der Waals surface area contributed by atoms with E-state index in [-0.39, 0.29) is 25.3 Å².